The van der Waals surface area contributed by atoms with Gasteiger partial charge in [-0.3, -0.25) is 4.79 Å². The molecule has 2 rings (SSSR count). The zero-order chi connectivity index (χ0) is 16.8. The Morgan fingerprint density at radius 3 is 2.78 bits per heavy atom. The van der Waals surface area contributed by atoms with Gasteiger partial charge in [0.1, 0.15) is 6.54 Å². The quantitative estimate of drug-likeness (QED) is 0.608. The molecule has 122 valence electrons. The minimum atomic E-state index is -0.610. The molecule has 0 unspecified atom stereocenters. The second kappa shape index (κ2) is 7.34. The van der Waals surface area contributed by atoms with E-state index in [9.17, 15) is 14.9 Å². The number of pyridine rings is 1. The molecule has 0 saturated carbocycles. The molecule has 0 aliphatic rings. The molecule has 23 heavy (non-hydrogen) atoms. The molecular weight excluding hydrogens is 302 g/mol. The number of amides is 1. The van der Waals surface area contributed by atoms with Crippen LogP contribution in [0, 0.1) is 10.1 Å². The molecule has 0 aliphatic carbocycles. The number of nitrogens with zero attached hydrogens (tertiary/aromatic N) is 4. The SMILES string of the molecule is CC(C)Oc1ccc(CNC(=O)Cn2ccc([N+](=O)[O-])n2)cn1. The van der Waals surface area contributed by atoms with Crippen molar-refractivity contribution in [1.82, 2.24) is 20.1 Å². The third kappa shape index (κ3) is 5.06. The van der Waals surface area contributed by atoms with E-state index in [2.05, 4.69) is 15.4 Å². The first-order valence-electron chi connectivity index (χ1n) is 7.00. The van der Waals surface area contributed by atoms with Crippen molar-refractivity contribution in [2.24, 2.45) is 0 Å². The zero-order valence-corrected chi connectivity index (χ0v) is 12.8. The van der Waals surface area contributed by atoms with Crippen molar-refractivity contribution in [3.05, 3.63) is 46.3 Å². The van der Waals surface area contributed by atoms with E-state index in [0.29, 0.717) is 12.4 Å². The summed E-state index contributed by atoms with van der Waals surface area (Å²) in [4.78, 5) is 25.8. The number of nitrogens with one attached hydrogen (secondary N) is 1. The van der Waals surface area contributed by atoms with E-state index >= 15 is 0 Å². The van der Waals surface area contributed by atoms with Crippen molar-refractivity contribution < 1.29 is 14.5 Å². The third-order valence-electron chi connectivity index (χ3n) is 2.76. The maximum absolute atomic E-state index is 11.8. The Kier molecular flexibility index (Phi) is 5.23. The van der Waals surface area contributed by atoms with Crippen LogP contribution in [0.15, 0.2) is 30.6 Å². The normalized spacial score (nSPS) is 10.6. The molecule has 9 nitrogen and oxygen atoms in total. The van der Waals surface area contributed by atoms with E-state index in [-0.39, 0.29) is 24.4 Å². The van der Waals surface area contributed by atoms with Gasteiger partial charge in [-0.2, -0.15) is 4.68 Å². The Bertz CT molecular complexity index is 681. The van der Waals surface area contributed by atoms with Crippen LogP contribution in [0.4, 0.5) is 5.82 Å². The lowest BCUT2D eigenvalue weighted by atomic mass is 10.3. The minimum Gasteiger partial charge on any atom is -0.475 e. The molecule has 0 aliphatic heterocycles. The highest BCUT2D eigenvalue weighted by Gasteiger charge is 2.13. The van der Waals surface area contributed by atoms with Gasteiger partial charge in [0.25, 0.3) is 0 Å². The fraction of sp³-hybridized carbons (Fsp3) is 0.357. The van der Waals surface area contributed by atoms with E-state index in [0.717, 1.165) is 5.56 Å². The fourth-order valence-corrected chi connectivity index (χ4v) is 1.77. The summed E-state index contributed by atoms with van der Waals surface area (Å²) in [5, 5.41) is 16.9. The maximum atomic E-state index is 11.8. The van der Waals surface area contributed by atoms with E-state index in [4.69, 9.17) is 4.74 Å². The Hall–Kier alpha value is -2.97. The van der Waals surface area contributed by atoms with Crippen LogP contribution in [-0.4, -0.2) is 31.7 Å². The average molecular weight is 319 g/mol. The van der Waals surface area contributed by atoms with Gasteiger partial charge in [0.15, 0.2) is 0 Å². The number of hydrogen-bond acceptors (Lipinski definition) is 6. The van der Waals surface area contributed by atoms with Gasteiger partial charge in [-0.05, 0) is 24.3 Å². The summed E-state index contributed by atoms with van der Waals surface area (Å²) in [7, 11) is 0. The van der Waals surface area contributed by atoms with Crippen LogP contribution in [0.1, 0.15) is 19.4 Å². The van der Waals surface area contributed by atoms with E-state index < -0.39 is 4.92 Å². The van der Waals surface area contributed by atoms with Gasteiger partial charge >= 0.3 is 5.82 Å². The standard InChI is InChI=1S/C14H17N5O4/c1-10(2)23-14-4-3-11(8-16-14)7-15-13(20)9-18-6-5-12(17-18)19(21)22/h3-6,8,10H,7,9H2,1-2H3,(H,15,20). The van der Waals surface area contributed by atoms with Crippen LogP contribution in [0.5, 0.6) is 5.88 Å². The Morgan fingerprint density at radius 1 is 1.43 bits per heavy atom. The molecule has 2 aromatic rings. The molecule has 2 heterocycles. The molecule has 0 fully saturated rings. The van der Waals surface area contributed by atoms with Crippen LogP contribution in [0.2, 0.25) is 0 Å². The summed E-state index contributed by atoms with van der Waals surface area (Å²) in [5.41, 5.74) is 0.820. The molecule has 0 aromatic carbocycles. The van der Waals surface area contributed by atoms with Crippen LogP contribution in [-0.2, 0) is 17.9 Å². The van der Waals surface area contributed by atoms with Crippen molar-refractivity contribution in [3.63, 3.8) is 0 Å². The summed E-state index contributed by atoms with van der Waals surface area (Å²) in [6.07, 6.45) is 3.06. The highest BCUT2D eigenvalue weighted by atomic mass is 16.6. The zero-order valence-electron chi connectivity index (χ0n) is 12.8. The van der Waals surface area contributed by atoms with Gasteiger partial charge in [0.05, 0.1) is 23.5 Å². The van der Waals surface area contributed by atoms with Crippen LogP contribution in [0.25, 0.3) is 0 Å². The second-order valence-corrected chi connectivity index (χ2v) is 5.08. The van der Waals surface area contributed by atoms with E-state index in [1.807, 2.05) is 19.9 Å². The van der Waals surface area contributed by atoms with Gasteiger partial charge in [-0.25, -0.2) is 4.98 Å². The molecule has 0 saturated heterocycles. The van der Waals surface area contributed by atoms with Gasteiger partial charge in [0, 0.05) is 18.8 Å². The molecule has 1 N–H and O–H groups in total. The summed E-state index contributed by atoms with van der Waals surface area (Å²) in [5.74, 6) is -0.0628. The second-order valence-electron chi connectivity index (χ2n) is 5.08. The van der Waals surface area contributed by atoms with Crippen LogP contribution >= 0.6 is 0 Å². The molecule has 0 bridgehead atoms. The lowest BCUT2D eigenvalue weighted by Gasteiger charge is -2.09. The smallest absolute Gasteiger partial charge is 0.389 e. The molecule has 2 aromatic heterocycles. The largest absolute Gasteiger partial charge is 0.475 e. The summed E-state index contributed by atoms with van der Waals surface area (Å²) < 4.78 is 6.64. The van der Waals surface area contributed by atoms with Crippen molar-refractivity contribution in [1.29, 1.82) is 0 Å². The lowest BCUT2D eigenvalue weighted by molar-refractivity contribution is -0.389. The molecule has 0 atom stereocenters. The highest BCUT2D eigenvalue weighted by molar-refractivity contribution is 5.75. The van der Waals surface area contributed by atoms with Crippen molar-refractivity contribution in [2.45, 2.75) is 33.0 Å². The predicted molar refractivity (Wildman–Crippen MR) is 80.7 cm³/mol. The maximum Gasteiger partial charge on any atom is 0.389 e. The topological polar surface area (TPSA) is 112 Å². The number of carbonyl (C=O) groups excluding carboxylic acids is 1. The monoisotopic (exact) mass is 319 g/mol. The number of aromatic nitrogens is 3. The first-order valence-corrected chi connectivity index (χ1v) is 7.00. The first-order chi connectivity index (χ1) is 10.9. The molecule has 9 heteroatoms. The molecular formula is C14H17N5O4. The van der Waals surface area contributed by atoms with Gasteiger partial charge < -0.3 is 20.2 Å². The summed E-state index contributed by atoms with van der Waals surface area (Å²) in [6.45, 7) is 4.04. The number of rotatable bonds is 7. The Balaban J connectivity index is 1.82. The highest BCUT2D eigenvalue weighted by Crippen LogP contribution is 2.09. The van der Waals surface area contributed by atoms with E-state index in [1.165, 1.54) is 16.9 Å². The number of ether oxygens (including phenoxy) is 1. The molecule has 0 spiro atoms. The van der Waals surface area contributed by atoms with Gasteiger partial charge in [-0.1, -0.05) is 6.07 Å². The molecule has 1 amide bonds. The third-order valence-corrected chi connectivity index (χ3v) is 2.76. The average Bonchev–Trinajstić information content (AvgIpc) is 2.95. The lowest BCUT2D eigenvalue weighted by Crippen LogP contribution is -2.27. The van der Waals surface area contributed by atoms with Crippen molar-refractivity contribution >= 4 is 11.7 Å². The van der Waals surface area contributed by atoms with Crippen molar-refractivity contribution in [3.8, 4) is 5.88 Å². The van der Waals surface area contributed by atoms with E-state index in [1.54, 1.807) is 12.3 Å². The number of carbonyl (C=O) groups is 1. The van der Waals surface area contributed by atoms with Crippen LogP contribution < -0.4 is 10.1 Å². The Morgan fingerprint density at radius 2 is 2.22 bits per heavy atom. The van der Waals surface area contributed by atoms with Gasteiger partial charge in [-0.15, -0.1) is 0 Å². The number of nitro groups is 1. The minimum absolute atomic E-state index is 0.0474. The Labute approximate surface area is 132 Å². The number of hydrogen-bond donors (Lipinski definition) is 1. The van der Waals surface area contributed by atoms with Crippen LogP contribution in [0.3, 0.4) is 0 Å². The first kappa shape index (κ1) is 16.4. The van der Waals surface area contributed by atoms with Gasteiger partial charge in [0.2, 0.25) is 11.8 Å². The molecule has 0 radical (unpaired) electrons. The summed E-state index contributed by atoms with van der Waals surface area (Å²) in [6, 6.07) is 4.78. The fourth-order valence-electron chi connectivity index (χ4n) is 1.77. The van der Waals surface area contributed by atoms with Crippen molar-refractivity contribution in [2.75, 3.05) is 0 Å². The summed E-state index contributed by atoms with van der Waals surface area (Å²) >= 11 is 0. The predicted octanol–water partition coefficient (Wildman–Crippen LogP) is 1.29.